The molecular formula is C8H14NO2. The Morgan fingerprint density at radius 3 is 2.73 bits per heavy atom. The molecule has 0 atom stereocenters. The van der Waals surface area contributed by atoms with Gasteiger partial charge in [-0.3, -0.25) is 4.79 Å². The molecule has 1 fully saturated rings. The molecule has 1 amide bonds. The van der Waals surface area contributed by atoms with Crippen LogP contribution in [0.2, 0.25) is 0 Å². The van der Waals surface area contributed by atoms with Crippen molar-refractivity contribution in [1.29, 1.82) is 0 Å². The van der Waals surface area contributed by atoms with Gasteiger partial charge in [0.1, 0.15) is 0 Å². The third-order valence-corrected chi connectivity index (χ3v) is 1.93. The average molecular weight is 156 g/mol. The summed E-state index contributed by atoms with van der Waals surface area (Å²) < 4.78 is 5.18. The van der Waals surface area contributed by atoms with Gasteiger partial charge in [0, 0.05) is 26.7 Å². The van der Waals surface area contributed by atoms with Crippen molar-refractivity contribution in [3.63, 3.8) is 0 Å². The number of nitrogens with one attached hydrogen (secondary N) is 1. The van der Waals surface area contributed by atoms with Gasteiger partial charge in [0.2, 0.25) is 5.91 Å². The highest BCUT2D eigenvalue weighted by Crippen LogP contribution is 2.12. The fraction of sp³-hybridized carbons (Fsp3) is 0.750. The highest BCUT2D eigenvalue weighted by atomic mass is 16.5. The number of hydrogen-bond acceptors (Lipinski definition) is 2. The molecule has 1 saturated heterocycles. The molecule has 63 valence electrons. The van der Waals surface area contributed by atoms with Crippen LogP contribution >= 0.6 is 0 Å². The topological polar surface area (TPSA) is 38.3 Å². The van der Waals surface area contributed by atoms with E-state index < -0.39 is 0 Å². The summed E-state index contributed by atoms with van der Waals surface area (Å²) in [6, 6.07) is 0. The summed E-state index contributed by atoms with van der Waals surface area (Å²) in [5.74, 6) is 0.408. The number of hydrogen-bond donors (Lipinski definition) is 1. The van der Waals surface area contributed by atoms with E-state index in [1.54, 1.807) is 0 Å². The van der Waals surface area contributed by atoms with Crippen LogP contribution < -0.4 is 5.32 Å². The van der Waals surface area contributed by atoms with E-state index in [0.717, 1.165) is 32.6 Å². The summed E-state index contributed by atoms with van der Waals surface area (Å²) in [6.45, 7) is 5.66. The van der Waals surface area contributed by atoms with Gasteiger partial charge in [-0.15, -0.1) is 0 Å². The quantitative estimate of drug-likeness (QED) is 0.627. The van der Waals surface area contributed by atoms with E-state index in [4.69, 9.17) is 4.74 Å². The number of rotatable bonds is 2. The Balaban J connectivity index is 2.09. The summed E-state index contributed by atoms with van der Waals surface area (Å²) in [4.78, 5) is 10.4. The second kappa shape index (κ2) is 4.34. The van der Waals surface area contributed by atoms with Gasteiger partial charge in [0.15, 0.2) is 0 Å². The minimum absolute atomic E-state index is 0.184. The zero-order valence-corrected chi connectivity index (χ0v) is 6.64. The second-order valence-corrected chi connectivity index (χ2v) is 2.86. The molecule has 1 radical (unpaired) electrons. The van der Waals surface area contributed by atoms with Crippen LogP contribution in [0.5, 0.6) is 0 Å². The van der Waals surface area contributed by atoms with Crippen molar-refractivity contribution >= 4 is 5.91 Å². The number of carbonyl (C=O) groups is 1. The van der Waals surface area contributed by atoms with Gasteiger partial charge >= 0.3 is 0 Å². The molecule has 0 unspecified atom stereocenters. The van der Waals surface area contributed by atoms with Crippen molar-refractivity contribution in [1.82, 2.24) is 5.32 Å². The molecule has 0 aromatic carbocycles. The summed E-state index contributed by atoms with van der Waals surface area (Å²) >= 11 is 0. The average Bonchev–Trinajstić information content (AvgIpc) is 2.03. The predicted octanol–water partition coefficient (Wildman–Crippen LogP) is 0.363. The molecule has 0 aliphatic carbocycles. The summed E-state index contributed by atoms with van der Waals surface area (Å²) in [5.41, 5.74) is 0. The normalized spacial score (nSPS) is 19.7. The number of amides is 1. The Morgan fingerprint density at radius 1 is 1.55 bits per heavy atom. The minimum atomic E-state index is -0.184. The largest absolute Gasteiger partial charge is 0.381 e. The highest BCUT2D eigenvalue weighted by Gasteiger charge is 2.13. The predicted molar refractivity (Wildman–Crippen MR) is 41.9 cm³/mol. The fourth-order valence-electron chi connectivity index (χ4n) is 1.21. The SMILES string of the molecule is [CH2]C(=O)NCC1CCOCC1. The first-order valence-corrected chi connectivity index (χ1v) is 3.96. The maximum atomic E-state index is 10.4. The second-order valence-electron chi connectivity index (χ2n) is 2.86. The lowest BCUT2D eigenvalue weighted by molar-refractivity contribution is -0.117. The van der Waals surface area contributed by atoms with Crippen molar-refractivity contribution in [3.05, 3.63) is 6.92 Å². The molecule has 1 aliphatic heterocycles. The molecule has 0 spiro atoms. The number of carbonyl (C=O) groups excluding carboxylic acids is 1. The van der Waals surface area contributed by atoms with E-state index in [9.17, 15) is 4.79 Å². The molecule has 0 saturated carbocycles. The lowest BCUT2D eigenvalue weighted by atomic mass is 10.0. The molecule has 1 N–H and O–H groups in total. The Morgan fingerprint density at radius 2 is 2.18 bits per heavy atom. The molecule has 0 aromatic rings. The summed E-state index contributed by atoms with van der Waals surface area (Å²) in [5, 5.41) is 2.71. The van der Waals surface area contributed by atoms with Crippen LogP contribution in [0.4, 0.5) is 0 Å². The van der Waals surface area contributed by atoms with Crippen LogP contribution in [0.15, 0.2) is 0 Å². The van der Waals surface area contributed by atoms with Crippen LogP contribution in [0.25, 0.3) is 0 Å². The van der Waals surface area contributed by atoms with Crippen LogP contribution in [0.1, 0.15) is 12.8 Å². The van der Waals surface area contributed by atoms with Gasteiger partial charge < -0.3 is 10.1 Å². The first-order valence-electron chi connectivity index (χ1n) is 3.96. The van der Waals surface area contributed by atoms with Gasteiger partial charge in [0.25, 0.3) is 0 Å². The molecule has 11 heavy (non-hydrogen) atoms. The van der Waals surface area contributed by atoms with Crippen molar-refractivity contribution < 1.29 is 9.53 Å². The van der Waals surface area contributed by atoms with E-state index in [1.807, 2.05) is 0 Å². The highest BCUT2D eigenvalue weighted by molar-refractivity contribution is 5.79. The molecular weight excluding hydrogens is 142 g/mol. The van der Waals surface area contributed by atoms with Gasteiger partial charge in [0.05, 0.1) is 0 Å². The smallest absolute Gasteiger partial charge is 0.220 e. The Labute approximate surface area is 67.1 Å². The first-order chi connectivity index (χ1) is 5.29. The van der Waals surface area contributed by atoms with Crippen LogP contribution in [0.3, 0.4) is 0 Å². The van der Waals surface area contributed by atoms with Crippen molar-refractivity contribution in [3.8, 4) is 0 Å². The zero-order valence-electron chi connectivity index (χ0n) is 6.64. The van der Waals surface area contributed by atoms with Gasteiger partial charge in [-0.25, -0.2) is 0 Å². The lowest BCUT2D eigenvalue weighted by Crippen LogP contribution is -2.30. The Hall–Kier alpha value is -0.570. The van der Waals surface area contributed by atoms with Gasteiger partial charge in [-0.2, -0.15) is 0 Å². The van der Waals surface area contributed by atoms with E-state index in [0.29, 0.717) is 5.92 Å². The van der Waals surface area contributed by atoms with Crippen LogP contribution in [0, 0.1) is 12.8 Å². The minimum Gasteiger partial charge on any atom is -0.381 e. The summed E-state index contributed by atoms with van der Waals surface area (Å²) in [7, 11) is 0. The van der Waals surface area contributed by atoms with Crippen LogP contribution in [-0.2, 0) is 9.53 Å². The molecule has 0 aromatic heterocycles. The standard InChI is InChI=1S/C8H14NO2/c1-7(10)9-6-8-2-4-11-5-3-8/h8H,1-6H2,(H,9,10). The number of ether oxygens (including phenoxy) is 1. The van der Waals surface area contributed by atoms with Gasteiger partial charge in [-0.1, -0.05) is 0 Å². The molecule has 1 rings (SSSR count). The monoisotopic (exact) mass is 156 g/mol. The third-order valence-electron chi connectivity index (χ3n) is 1.93. The zero-order chi connectivity index (χ0) is 8.10. The maximum Gasteiger partial charge on any atom is 0.220 e. The fourth-order valence-corrected chi connectivity index (χ4v) is 1.21. The van der Waals surface area contributed by atoms with E-state index in [2.05, 4.69) is 12.2 Å². The third kappa shape index (κ3) is 3.37. The van der Waals surface area contributed by atoms with Gasteiger partial charge in [-0.05, 0) is 18.8 Å². The van der Waals surface area contributed by atoms with Crippen molar-refractivity contribution in [2.75, 3.05) is 19.8 Å². The first kappa shape index (κ1) is 8.53. The molecule has 1 heterocycles. The Bertz CT molecular complexity index is 130. The Kier molecular flexibility index (Phi) is 3.36. The van der Waals surface area contributed by atoms with E-state index in [1.165, 1.54) is 0 Å². The van der Waals surface area contributed by atoms with Crippen LogP contribution in [-0.4, -0.2) is 25.7 Å². The van der Waals surface area contributed by atoms with Crippen molar-refractivity contribution in [2.24, 2.45) is 5.92 Å². The van der Waals surface area contributed by atoms with Crippen molar-refractivity contribution in [2.45, 2.75) is 12.8 Å². The molecule has 3 heteroatoms. The van der Waals surface area contributed by atoms with E-state index >= 15 is 0 Å². The molecule has 1 aliphatic rings. The molecule has 3 nitrogen and oxygen atoms in total. The maximum absolute atomic E-state index is 10.4. The van der Waals surface area contributed by atoms with E-state index in [-0.39, 0.29) is 5.91 Å². The summed E-state index contributed by atoms with van der Waals surface area (Å²) in [6.07, 6.45) is 2.11. The molecule has 0 bridgehead atoms. The lowest BCUT2D eigenvalue weighted by Gasteiger charge is -2.21.